The molecule has 0 fully saturated rings. The van der Waals surface area contributed by atoms with Crippen molar-refractivity contribution in [3.05, 3.63) is 85.1 Å². The fourth-order valence-electron chi connectivity index (χ4n) is 9.58. The van der Waals surface area contributed by atoms with Crippen LogP contribution in [0.15, 0.2) is 85.1 Å². The summed E-state index contributed by atoms with van der Waals surface area (Å²) in [4.78, 5) is 38.4. The van der Waals surface area contributed by atoms with Crippen LogP contribution in [0.5, 0.6) is 0 Å². The Kier molecular flexibility index (Phi) is 63.2. The van der Waals surface area contributed by atoms with Gasteiger partial charge >= 0.3 is 17.9 Å². The van der Waals surface area contributed by atoms with Gasteiger partial charge in [0.1, 0.15) is 13.2 Å². The Bertz CT molecular complexity index is 1480. The molecule has 0 rings (SSSR count). The number of hydrogen-bond donors (Lipinski definition) is 0. The molecule has 0 heterocycles. The number of allylic oxidation sites excluding steroid dienone is 14. The Labute approximate surface area is 484 Å². The molecule has 0 saturated carbocycles. The summed E-state index contributed by atoms with van der Waals surface area (Å²) in [6.45, 7) is 6.53. The summed E-state index contributed by atoms with van der Waals surface area (Å²) in [5.74, 6) is -0.886. The van der Waals surface area contributed by atoms with Gasteiger partial charge in [-0.15, -0.1) is 0 Å². The highest BCUT2D eigenvalue weighted by Crippen LogP contribution is 2.17. The number of rotatable bonds is 61. The predicted molar refractivity (Wildman–Crippen MR) is 339 cm³/mol. The Hall–Kier alpha value is -3.41. The Morgan fingerprint density at radius 3 is 0.795 bits per heavy atom. The summed E-state index contributed by atoms with van der Waals surface area (Å²) < 4.78 is 17.0. The molecule has 1 atom stereocenters. The molecule has 6 nitrogen and oxygen atoms in total. The maximum absolute atomic E-state index is 12.9. The molecule has 0 amide bonds. The monoisotopic (exact) mass is 1090 g/mol. The third kappa shape index (κ3) is 63.4. The lowest BCUT2D eigenvalue weighted by Crippen LogP contribution is -2.30. The van der Waals surface area contributed by atoms with Crippen molar-refractivity contribution in [2.24, 2.45) is 0 Å². The van der Waals surface area contributed by atoms with Gasteiger partial charge in [-0.2, -0.15) is 0 Å². The fourth-order valence-corrected chi connectivity index (χ4v) is 9.58. The zero-order valence-corrected chi connectivity index (χ0v) is 51.7. The summed E-state index contributed by atoms with van der Waals surface area (Å²) in [6.07, 6.45) is 87.3. The first-order chi connectivity index (χ1) is 38.5. The number of hydrogen-bond acceptors (Lipinski definition) is 6. The highest BCUT2D eigenvalue weighted by atomic mass is 16.6. The number of carbonyl (C=O) groups is 3. The highest BCUT2D eigenvalue weighted by molar-refractivity contribution is 5.71. The van der Waals surface area contributed by atoms with E-state index in [4.69, 9.17) is 14.2 Å². The van der Waals surface area contributed by atoms with Gasteiger partial charge in [0.15, 0.2) is 6.10 Å². The zero-order valence-electron chi connectivity index (χ0n) is 51.7. The molecule has 6 heteroatoms. The second-order valence-electron chi connectivity index (χ2n) is 22.3. The normalized spacial score (nSPS) is 12.6. The molecule has 0 aliphatic heterocycles. The third-order valence-electron chi connectivity index (χ3n) is 14.6. The third-order valence-corrected chi connectivity index (χ3v) is 14.6. The smallest absolute Gasteiger partial charge is 0.306 e. The van der Waals surface area contributed by atoms with E-state index in [1.807, 2.05) is 0 Å². The SMILES string of the molecule is CC/C=C\C/C=C\C/C=C\CCCCCCCCCC(=O)OCC(COC(=O)CCCCCCCCCCCCCCC/C=C\C/C=C\CCCCCCC)OC(=O)CCCCCCCCC/C=C\C/C=C\CCCCCC. The number of carbonyl (C=O) groups excluding carboxylic acids is 3. The quantitative estimate of drug-likeness (QED) is 0.0261. The topological polar surface area (TPSA) is 78.9 Å². The molecule has 450 valence electrons. The summed E-state index contributed by atoms with van der Waals surface area (Å²) in [5, 5.41) is 0. The maximum Gasteiger partial charge on any atom is 0.306 e. The van der Waals surface area contributed by atoms with Crippen LogP contribution in [0.2, 0.25) is 0 Å². The fraction of sp³-hybridized carbons (Fsp3) is 0.764. The molecule has 0 N–H and O–H groups in total. The number of esters is 3. The van der Waals surface area contributed by atoms with Crippen molar-refractivity contribution < 1.29 is 28.6 Å². The molecule has 0 radical (unpaired) electrons. The molecule has 1 unspecified atom stereocenters. The second kappa shape index (κ2) is 66.1. The van der Waals surface area contributed by atoms with Crippen LogP contribution in [-0.4, -0.2) is 37.2 Å². The Morgan fingerprint density at radius 1 is 0.269 bits per heavy atom. The van der Waals surface area contributed by atoms with Crippen molar-refractivity contribution in [3.63, 3.8) is 0 Å². The van der Waals surface area contributed by atoms with Crippen molar-refractivity contribution in [1.29, 1.82) is 0 Å². The number of unbranched alkanes of at least 4 members (excludes halogenated alkanes) is 36. The number of ether oxygens (including phenoxy) is 3. The van der Waals surface area contributed by atoms with Gasteiger partial charge in [0.25, 0.3) is 0 Å². The molecular formula is C72H126O6. The Balaban J connectivity index is 4.34. The van der Waals surface area contributed by atoms with Gasteiger partial charge in [-0.1, -0.05) is 286 Å². The van der Waals surface area contributed by atoms with E-state index in [1.165, 1.54) is 193 Å². The molecule has 0 aromatic carbocycles. The van der Waals surface area contributed by atoms with Crippen LogP contribution in [0, 0.1) is 0 Å². The summed E-state index contributed by atoms with van der Waals surface area (Å²) in [5.41, 5.74) is 0. The van der Waals surface area contributed by atoms with E-state index in [0.29, 0.717) is 19.3 Å². The van der Waals surface area contributed by atoms with E-state index in [9.17, 15) is 14.4 Å². The largest absolute Gasteiger partial charge is 0.462 e. The van der Waals surface area contributed by atoms with Gasteiger partial charge in [0.05, 0.1) is 0 Å². The lowest BCUT2D eigenvalue weighted by Gasteiger charge is -2.18. The lowest BCUT2D eigenvalue weighted by molar-refractivity contribution is -0.167. The minimum absolute atomic E-state index is 0.0819. The van der Waals surface area contributed by atoms with E-state index in [1.54, 1.807) is 0 Å². The van der Waals surface area contributed by atoms with E-state index in [2.05, 4.69) is 106 Å². The van der Waals surface area contributed by atoms with E-state index in [0.717, 1.165) is 103 Å². The van der Waals surface area contributed by atoms with Crippen LogP contribution in [0.1, 0.15) is 335 Å². The molecule has 0 bridgehead atoms. The minimum atomic E-state index is -0.787. The second-order valence-corrected chi connectivity index (χ2v) is 22.3. The summed E-state index contributed by atoms with van der Waals surface area (Å²) >= 11 is 0. The van der Waals surface area contributed by atoms with Crippen molar-refractivity contribution >= 4 is 17.9 Å². The molecule has 0 spiro atoms. The molecule has 78 heavy (non-hydrogen) atoms. The predicted octanol–water partition coefficient (Wildman–Crippen LogP) is 23.1. The van der Waals surface area contributed by atoms with Crippen molar-refractivity contribution in [2.75, 3.05) is 13.2 Å². The van der Waals surface area contributed by atoms with Gasteiger partial charge in [-0.25, -0.2) is 0 Å². The van der Waals surface area contributed by atoms with Crippen LogP contribution in [0.4, 0.5) is 0 Å². The zero-order chi connectivity index (χ0) is 56.4. The molecule has 0 aliphatic rings. The maximum atomic E-state index is 12.9. The van der Waals surface area contributed by atoms with E-state index < -0.39 is 6.10 Å². The summed E-state index contributed by atoms with van der Waals surface area (Å²) in [7, 11) is 0. The van der Waals surface area contributed by atoms with Crippen molar-refractivity contribution in [1.82, 2.24) is 0 Å². The molecule has 0 saturated heterocycles. The van der Waals surface area contributed by atoms with Crippen LogP contribution in [0.25, 0.3) is 0 Å². The Morgan fingerprint density at radius 2 is 0.500 bits per heavy atom. The molecule has 0 aliphatic carbocycles. The van der Waals surface area contributed by atoms with Crippen molar-refractivity contribution in [2.45, 2.75) is 341 Å². The standard InChI is InChI=1S/C72H126O6/c1-4-7-10-13-16-19-22-25-28-31-33-34-35-36-37-38-39-42-44-47-50-53-56-59-62-65-71(74)77-68-69(67-76-70(73)64-61-58-55-52-49-46-43-40-30-27-24-21-18-15-12-9-6-3)78-72(75)66-63-60-57-54-51-48-45-41-32-29-26-23-20-17-14-11-8-5-2/h9,12,18,20-23,25,27,29-33,69H,4-8,10-11,13-17,19,24,26,28,34-68H2,1-3H3/b12-9-,21-18-,23-20-,25-22-,30-27-,32-29-,33-31-. The molecule has 0 aromatic rings. The first-order valence-corrected chi connectivity index (χ1v) is 33.6. The van der Waals surface area contributed by atoms with Gasteiger partial charge in [-0.3, -0.25) is 14.4 Å². The van der Waals surface area contributed by atoms with Gasteiger partial charge < -0.3 is 14.2 Å². The van der Waals surface area contributed by atoms with Crippen LogP contribution in [-0.2, 0) is 28.6 Å². The van der Waals surface area contributed by atoms with E-state index >= 15 is 0 Å². The average Bonchev–Trinajstić information content (AvgIpc) is 3.44. The molecular weight excluding hydrogens is 961 g/mol. The first kappa shape index (κ1) is 74.6. The van der Waals surface area contributed by atoms with Gasteiger partial charge in [0, 0.05) is 19.3 Å². The highest BCUT2D eigenvalue weighted by Gasteiger charge is 2.19. The van der Waals surface area contributed by atoms with Gasteiger partial charge in [-0.05, 0) is 116 Å². The van der Waals surface area contributed by atoms with Gasteiger partial charge in [0.2, 0.25) is 0 Å². The van der Waals surface area contributed by atoms with Crippen LogP contribution in [0.3, 0.4) is 0 Å². The first-order valence-electron chi connectivity index (χ1n) is 33.6. The van der Waals surface area contributed by atoms with Crippen LogP contribution >= 0.6 is 0 Å². The average molecular weight is 1090 g/mol. The van der Waals surface area contributed by atoms with Crippen molar-refractivity contribution in [3.8, 4) is 0 Å². The molecule has 0 aromatic heterocycles. The summed E-state index contributed by atoms with van der Waals surface area (Å²) in [6, 6.07) is 0. The minimum Gasteiger partial charge on any atom is -0.462 e. The van der Waals surface area contributed by atoms with Crippen LogP contribution < -0.4 is 0 Å². The van der Waals surface area contributed by atoms with E-state index in [-0.39, 0.29) is 31.1 Å². The lowest BCUT2D eigenvalue weighted by atomic mass is 10.0.